The average molecular weight is 326 g/mol. The van der Waals surface area contributed by atoms with Crippen molar-refractivity contribution in [1.29, 1.82) is 0 Å². The first-order valence-electron chi connectivity index (χ1n) is 6.74. The molecule has 0 atom stereocenters. The summed E-state index contributed by atoms with van der Waals surface area (Å²) in [7, 11) is 0. The van der Waals surface area contributed by atoms with E-state index in [2.05, 4.69) is 9.97 Å². The zero-order valence-corrected chi connectivity index (χ0v) is 12.6. The molecule has 0 aliphatic rings. The van der Waals surface area contributed by atoms with Gasteiger partial charge in [0, 0.05) is 24.0 Å². The zero-order valence-electron chi connectivity index (χ0n) is 11.8. The molecule has 3 aromatic rings. The minimum atomic E-state index is -0.369. The Morgan fingerprint density at radius 1 is 1.22 bits per heavy atom. The number of pyridine rings is 1. The number of Topliss-reactive ketones (excluding diaryl/α,β-unsaturated/α-hetero) is 1. The summed E-state index contributed by atoms with van der Waals surface area (Å²) in [4.78, 5) is 30.5. The fourth-order valence-electron chi connectivity index (χ4n) is 1.99. The number of benzene rings is 1. The maximum atomic E-state index is 13.2. The van der Waals surface area contributed by atoms with Crippen LogP contribution in [0, 0.1) is 5.82 Å². The number of hydrogen-bond donors (Lipinski definition) is 1. The maximum absolute atomic E-state index is 13.2. The highest BCUT2D eigenvalue weighted by atomic mass is 32.1. The molecule has 0 aliphatic carbocycles. The molecular weight excluding hydrogens is 315 g/mol. The van der Waals surface area contributed by atoms with Gasteiger partial charge >= 0.3 is 0 Å². The lowest BCUT2D eigenvalue weighted by Crippen LogP contribution is -2.20. The van der Waals surface area contributed by atoms with Crippen LogP contribution in [0.25, 0.3) is 12.2 Å². The topological polar surface area (TPSA) is 62.8 Å². The highest BCUT2D eigenvalue weighted by Crippen LogP contribution is 2.03. The molecule has 0 bridgehead atoms. The Bertz CT molecular complexity index is 1020. The van der Waals surface area contributed by atoms with Gasteiger partial charge in [0.05, 0.1) is 9.20 Å². The van der Waals surface area contributed by atoms with Crippen LogP contribution < -0.4 is 14.8 Å². The van der Waals surface area contributed by atoms with Crippen molar-refractivity contribution in [3.05, 3.63) is 85.3 Å². The smallest absolute Gasteiger partial charge is 0.266 e. The second-order valence-corrected chi connectivity index (χ2v) is 5.81. The van der Waals surface area contributed by atoms with E-state index in [9.17, 15) is 14.0 Å². The van der Waals surface area contributed by atoms with Crippen molar-refractivity contribution in [2.75, 3.05) is 0 Å². The Kier molecular flexibility index (Phi) is 4.25. The van der Waals surface area contributed by atoms with Gasteiger partial charge in [-0.2, -0.15) is 0 Å². The number of thiazole rings is 1. The van der Waals surface area contributed by atoms with E-state index >= 15 is 0 Å². The molecule has 3 rings (SSSR count). The van der Waals surface area contributed by atoms with E-state index in [0.717, 1.165) is 11.3 Å². The van der Waals surface area contributed by atoms with Crippen LogP contribution in [0.4, 0.5) is 4.39 Å². The third-order valence-corrected chi connectivity index (χ3v) is 4.02. The van der Waals surface area contributed by atoms with Crippen LogP contribution in [0.5, 0.6) is 0 Å². The van der Waals surface area contributed by atoms with Crippen LogP contribution in [-0.2, 0) is 0 Å². The van der Waals surface area contributed by atoms with Gasteiger partial charge in [-0.1, -0.05) is 12.1 Å². The van der Waals surface area contributed by atoms with Crippen LogP contribution in [0.15, 0.2) is 53.6 Å². The maximum Gasteiger partial charge on any atom is 0.266 e. The van der Waals surface area contributed by atoms with E-state index in [4.69, 9.17) is 0 Å². The first kappa shape index (κ1) is 15.1. The summed E-state index contributed by atoms with van der Waals surface area (Å²) in [6, 6.07) is 9.15. The predicted molar refractivity (Wildman–Crippen MR) is 87.2 cm³/mol. The molecule has 1 aromatic carbocycles. The summed E-state index contributed by atoms with van der Waals surface area (Å²) in [6.07, 6.45) is 6.01. The van der Waals surface area contributed by atoms with Crippen LogP contribution in [0.3, 0.4) is 0 Å². The molecule has 6 heteroatoms. The van der Waals surface area contributed by atoms with Crippen molar-refractivity contribution >= 4 is 29.3 Å². The summed E-state index contributed by atoms with van der Waals surface area (Å²) in [6.45, 7) is 0. The Balaban J connectivity index is 2.00. The van der Waals surface area contributed by atoms with E-state index in [0.29, 0.717) is 20.3 Å². The van der Waals surface area contributed by atoms with Crippen molar-refractivity contribution in [3.63, 3.8) is 0 Å². The van der Waals surface area contributed by atoms with Crippen LogP contribution in [0.1, 0.15) is 15.9 Å². The fraction of sp³-hybridized carbons (Fsp3) is 0. The van der Waals surface area contributed by atoms with Crippen molar-refractivity contribution in [3.8, 4) is 0 Å². The molecule has 1 N–H and O–H groups in total. The first-order valence-corrected chi connectivity index (χ1v) is 7.56. The number of nitrogens with one attached hydrogen (secondary N) is 1. The number of ketones is 1. The predicted octanol–water partition coefficient (Wildman–Crippen LogP) is 1.46. The van der Waals surface area contributed by atoms with Gasteiger partial charge in [0.25, 0.3) is 5.56 Å². The summed E-state index contributed by atoms with van der Waals surface area (Å²) in [5, 5.41) is 0. The van der Waals surface area contributed by atoms with Crippen molar-refractivity contribution in [2.45, 2.75) is 0 Å². The molecule has 0 radical (unpaired) electrons. The minimum absolute atomic E-state index is 0.220. The molecule has 0 spiro atoms. The highest BCUT2D eigenvalue weighted by Gasteiger charge is 2.02. The third kappa shape index (κ3) is 3.67. The molecule has 0 saturated carbocycles. The number of carbonyl (C=O) groups excluding carboxylic acids is 1. The lowest BCUT2D eigenvalue weighted by Gasteiger charge is -1.91. The minimum Gasteiger partial charge on any atom is -0.313 e. The largest absolute Gasteiger partial charge is 0.313 e. The molecule has 2 aromatic heterocycles. The van der Waals surface area contributed by atoms with Crippen molar-refractivity contribution in [1.82, 2.24) is 9.97 Å². The summed E-state index contributed by atoms with van der Waals surface area (Å²) in [5.41, 5.74) is 0.766. The standard InChI is InChI=1S/C17H11FN2O2S/c18-13-3-1-2-11(8-13)9-15-17(22)20-16(23-15)10-14(21)12-4-6-19-7-5-12/h1-10H,(H,20,22)/b15-9-,16-10-. The molecule has 4 nitrogen and oxygen atoms in total. The molecule has 2 heterocycles. The second-order valence-electron chi connectivity index (χ2n) is 4.73. The monoisotopic (exact) mass is 326 g/mol. The van der Waals surface area contributed by atoms with Gasteiger partial charge in [-0.15, -0.1) is 11.3 Å². The van der Waals surface area contributed by atoms with Crippen LogP contribution in [0.2, 0.25) is 0 Å². The summed E-state index contributed by atoms with van der Waals surface area (Å²) < 4.78 is 14.0. The van der Waals surface area contributed by atoms with Gasteiger partial charge in [-0.25, -0.2) is 4.39 Å². The van der Waals surface area contributed by atoms with Crippen LogP contribution >= 0.6 is 11.3 Å². The number of aromatic amines is 1. The third-order valence-electron chi connectivity index (χ3n) is 3.05. The normalized spacial score (nSPS) is 12.6. The number of halogens is 1. The van der Waals surface area contributed by atoms with Crippen molar-refractivity contribution < 1.29 is 9.18 Å². The van der Waals surface area contributed by atoms with E-state index < -0.39 is 0 Å². The zero-order chi connectivity index (χ0) is 16.2. The molecular formula is C17H11FN2O2S. The first-order chi connectivity index (χ1) is 11.1. The number of rotatable bonds is 3. The van der Waals surface area contributed by atoms with Gasteiger partial charge in [-0.05, 0) is 35.9 Å². The Labute approximate surface area is 134 Å². The van der Waals surface area contributed by atoms with E-state index in [1.165, 1.54) is 30.6 Å². The Hall–Kier alpha value is -2.86. The number of aromatic nitrogens is 2. The van der Waals surface area contributed by atoms with Crippen LogP contribution in [-0.4, -0.2) is 15.8 Å². The van der Waals surface area contributed by atoms with Gasteiger partial charge < -0.3 is 4.98 Å². The molecule has 114 valence electrons. The Morgan fingerprint density at radius 2 is 2.00 bits per heavy atom. The van der Waals surface area contributed by atoms with Gasteiger partial charge in [0.1, 0.15) is 5.82 Å². The number of hydrogen-bond acceptors (Lipinski definition) is 4. The quantitative estimate of drug-likeness (QED) is 0.741. The Morgan fingerprint density at radius 3 is 2.74 bits per heavy atom. The molecule has 23 heavy (non-hydrogen) atoms. The van der Waals surface area contributed by atoms with Gasteiger partial charge in [-0.3, -0.25) is 14.6 Å². The van der Waals surface area contributed by atoms with Crippen molar-refractivity contribution in [2.24, 2.45) is 0 Å². The van der Waals surface area contributed by atoms with E-state index in [-0.39, 0.29) is 17.2 Å². The summed E-state index contributed by atoms with van der Waals surface area (Å²) >= 11 is 1.15. The molecule has 0 amide bonds. The SMILES string of the molecule is O=C(/C=c1/[nH]c(=O)/c(=C/c2cccc(F)c2)s1)c1ccncc1. The number of H-pyrrole nitrogens is 1. The lowest BCUT2D eigenvalue weighted by atomic mass is 10.2. The number of carbonyl (C=O) groups is 1. The number of nitrogens with zero attached hydrogens (tertiary/aromatic N) is 1. The molecule has 0 fully saturated rings. The highest BCUT2D eigenvalue weighted by molar-refractivity contribution is 7.07. The summed E-state index contributed by atoms with van der Waals surface area (Å²) in [5.74, 6) is -0.589. The van der Waals surface area contributed by atoms with E-state index in [1.807, 2.05) is 0 Å². The van der Waals surface area contributed by atoms with E-state index in [1.54, 1.807) is 30.3 Å². The molecule has 0 unspecified atom stereocenters. The fourth-order valence-corrected chi connectivity index (χ4v) is 2.88. The molecule has 0 saturated heterocycles. The van der Waals surface area contributed by atoms with Gasteiger partial charge in [0.2, 0.25) is 0 Å². The average Bonchev–Trinajstić information content (AvgIpc) is 2.87. The molecule has 0 aliphatic heterocycles. The van der Waals surface area contributed by atoms with Gasteiger partial charge in [0.15, 0.2) is 5.78 Å². The lowest BCUT2D eigenvalue weighted by molar-refractivity contribution is 0.106. The second kappa shape index (κ2) is 6.50.